The molecule has 1 atom stereocenters. The van der Waals surface area contributed by atoms with E-state index in [-0.39, 0.29) is 11.7 Å². The molecule has 2 aromatic heterocycles. The molecule has 0 bridgehead atoms. The molecule has 2 heterocycles. The van der Waals surface area contributed by atoms with Crippen molar-refractivity contribution in [1.29, 1.82) is 0 Å². The monoisotopic (exact) mass is 429 g/mol. The standard InChI is InChI=1S/C14H13Br2N3OS/c1-18-9-4-3-7(5-10(9)19(2)14(18)20)12(17)11-6-8(15)13(16)21-11/h3-6,12H,17H2,1-2H3. The number of nitrogens with two attached hydrogens (primary N) is 1. The van der Waals surface area contributed by atoms with Gasteiger partial charge in [-0.05, 0) is 55.6 Å². The highest BCUT2D eigenvalue weighted by Crippen LogP contribution is 2.37. The maximum atomic E-state index is 12.0. The van der Waals surface area contributed by atoms with Gasteiger partial charge in [0.05, 0.1) is 20.9 Å². The van der Waals surface area contributed by atoms with Gasteiger partial charge in [-0.15, -0.1) is 11.3 Å². The number of aromatic nitrogens is 2. The van der Waals surface area contributed by atoms with E-state index in [1.165, 1.54) is 0 Å². The van der Waals surface area contributed by atoms with Crippen LogP contribution in [0.15, 0.2) is 37.3 Å². The van der Waals surface area contributed by atoms with Gasteiger partial charge in [0.25, 0.3) is 0 Å². The zero-order valence-corrected chi connectivity index (χ0v) is 15.4. The fraction of sp³-hybridized carbons (Fsp3) is 0.214. The van der Waals surface area contributed by atoms with E-state index in [4.69, 9.17) is 5.73 Å². The summed E-state index contributed by atoms with van der Waals surface area (Å²) in [6.45, 7) is 0. The van der Waals surface area contributed by atoms with E-state index < -0.39 is 0 Å². The number of hydrogen-bond donors (Lipinski definition) is 1. The Labute approximate surface area is 142 Å². The Morgan fingerprint density at radius 3 is 2.43 bits per heavy atom. The average Bonchev–Trinajstić information content (AvgIpc) is 2.92. The molecule has 0 amide bonds. The lowest BCUT2D eigenvalue weighted by molar-refractivity contribution is 0.795. The van der Waals surface area contributed by atoms with Crippen molar-refractivity contribution < 1.29 is 0 Å². The van der Waals surface area contributed by atoms with Gasteiger partial charge < -0.3 is 5.73 Å². The number of halogens is 2. The zero-order valence-electron chi connectivity index (χ0n) is 11.4. The minimum Gasteiger partial charge on any atom is -0.320 e. The van der Waals surface area contributed by atoms with Crippen LogP contribution in [0, 0.1) is 0 Å². The molecule has 2 N–H and O–H groups in total. The highest BCUT2D eigenvalue weighted by Gasteiger charge is 2.16. The van der Waals surface area contributed by atoms with Crippen molar-refractivity contribution in [3.63, 3.8) is 0 Å². The summed E-state index contributed by atoms with van der Waals surface area (Å²) in [5.74, 6) is 0. The van der Waals surface area contributed by atoms with Crippen LogP contribution in [0.1, 0.15) is 16.5 Å². The zero-order chi connectivity index (χ0) is 15.3. The van der Waals surface area contributed by atoms with Crippen LogP contribution < -0.4 is 11.4 Å². The van der Waals surface area contributed by atoms with Gasteiger partial charge in [0.15, 0.2) is 0 Å². The lowest BCUT2D eigenvalue weighted by Gasteiger charge is -2.10. The van der Waals surface area contributed by atoms with Crippen LogP contribution >= 0.6 is 43.2 Å². The van der Waals surface area contributed by atoms with Gasteiger partial charge in [-0.3, -0.25) is 9.13 Å². The second-order valence-corrected chi connectivity index (χ2v) is 8.15. The van der Waals surface area contributed by atoms with E-state index in [9.17, 15) is 4.79 Å². The number of fused-ring (bicyclic) bond motifs is 1. The first kappa shape index (κ1) is 15.0. The lowest BCUT2D eigenvalue weighted by atomic mass is 10.1. The van der Waals surface area contributed by atoms with Gasteiger partial charge in [-0.25, -0.2) is 4.79 Å². The molecule has 4 nitrogen and oxygen atoms in total. The summed E-state index contributed by atoms with van der Waals surface area (Å²) < 4.78 is 5.32. The summed E-state index contributed by atoms with van der Waals surface area (Å²) in [4.78, 5) is 13.0. The molecule has 3 aromatic rings. The Balaban J connectivity index is 2.12. The van der Waals surface area contributed by atoms with Crippen LogP contribution in [0.3, 0.4) is 0 Å². The molecule has 3 rings (SSSR count). The quantitative estimate of drug-likeness (QED) is 0.676. The molecule has 0 aliphatic rings. The Hall–Kier alpha value is -0.890. The number of thiophene rings is 1. The third-order valence-electron chi connectivity index (χ3n) is 3.63. The van der Waals surface area contributed by atoms with Crippen molar-refractivity contribution in [2.75, 3.05) is 0 Å². The van der Waals surface area contributed by atoms with Gasteiger partial charge in [0, 0.05) is 23.4 Å². The minimum absolute atomic E-state index is 0.0302. The largest absolute Gasteiger partial charge is 0.328 e. The van der Waals surface area contributed by atoms with Crippen LogP contribution in [0.5, 0.6) is 0 Å². The smallest absolute Gasteiger partial charge is 0.320 e. The number of rotatable bonds is 2. The van der Waals surface area contributed by atoms with Gasteiger partial charge in [0.2, 0.25) is 0 Å². The molecule has 0 spiro atoms. The SMILES string of the molecule is Cn1c(=O)n(C)c2cc(C(N)c3cc(Br)c(Br)s3)ccc21. The fourth-order valence-corrected chi connectivity index (χ4v) is 4.52. The van der Waals surface area contributed by atoms with Crippen molar-refractivity contribution in [2.45, 2.75) is 6.04 Å². The summed E-state index contributed by atoms with van der Waals surface area (Å²) in [7, 11) is 3.55. The van der Waals surface area contributed by atoms with E-state index in [1.807, 2.05) is 24.3 Å². The minimum atomic E-state index is -0.211. The van der Waals surface area contributed by atoms with Crippen molar-refractivity contribution in [2.24, 2.45) is 19.8 Å². The van der Waals surface area contributed by atoms with Gasteiger partial charge >= 0.3 is 5.69 Å². The van der Waals surface area contributed by atoms with Crippen LogP contribution in [-0.4, -0.2) is 9.13 Å². The number of imidazole rings is 1. The van der Waals surface area contributed by atoms with Crippen LogP contribution in [0.2, 0.25) is 0 Å². The maximum Gasteiger partial charge on any atom is 0.328 e. The lowest BCUT2D eigenvalue weighted by Crippen LogP contribution is -2.19. The summed E-state index contributed by atoms with van der Waals surface area (Å²) in [5.41, 5.74) is 9.12. The first-order valence-electron chi connectivity index (χ1n) is 6.26. The average molecular weight is 431 g/mol. The van der Waals surface area contributed by atoms with Gasteiger partial charge in [0.1, 0.15) is 0 Å². The predicted octanol–water partition coefficient (Wildman–Crippen LogP) is 3.51. The third-order valence-corrected chi connectivity index (χ3v) is 6.97. The molecule has 1 unspecified atom stereocenters. The third kappa shape index (κ3) is 2.42. The van der Waals surface area contributed by atoms with Gasteiger partial charge in [-0.2, -0.15) is 0 Å². The number of hydrogen-bond acceptors (Lipinski definition) is 3. The molecule has 1 aromatic carbocycles. The molecule has 0 fully saturated rings. The Bertz CT molecular complexity index is 874. The number of nitrogens with zero attached hydrogens (tertiary/aromatic N) is 2. The first-order valence-corrected chi connectivity index (χ1v) is 8.66. The van der Waals surface area contributed by atoms with E-state index >= 15 is 0 Å². The van der Waals surface area contributed by atoms with Crippen LogP contribution in [0.25, 0.3) is 11.0 Å². The molecule has 110 valence electrons. The predicted molar refractivity (Wildman–Crippen MR) is 93.9 cm³/mol. The molecule has 0 radical (unpaired) electrons. The summed E-state index contributed by atoms with van der Waals surface area (Å²) in [6.07, 6.45) is 0. The summed E-state index contributed by atoms with van der Waals surface area (Å²) in [6, 6.07) is 7.73. The van der Waals surface area contributed by atoms with E-state index in [0.717, 1.165) is 29.7 Å². The van der Waals surface area contributed by atoms with Crippen molar-refractivity contribution in [3.8, 4) is 0 Å². The molecule has 0 aliphatic carbocycles. The molecule has 21 heavy (non-hydrogen) atoms. The van der Waals surface area contributed by atoms with E-state index in [2.05, 4.69) is 31.9 Å². The van der Waals surface area contributed by atoms with Crippen molar-refractivity contribution in [1.82, 2.24) is 9.13 Å². The van der Waals surface area contributed by atoms with Crippen LogP contribution in [-0.2, 0) is 14.1 Å². The normalized spacial score (nSPS) is 13.0. The Kier molecular flexibility index (Phi) is 3.85. The highest BCUT2D eigenvalue weighted by atomic mass is 79.9. The second kappa shape index (κ2) is 5.39. The molecular weight excluding hydrogens is 418 g/mol. The first-order chi connectivity index (χ1) is 9.90. The van der Waals surface area contributed by atoms with Crippen LogP contribution in [0.4, 0.5) is 0 Å². The van der Waals surface area contributed by atoms with Crippen molar-refractivity contribution >= 4 is 54.2 Å². The molecular formula is C14H13Br2N3OS. The molecule has 0 aliphatic heterocycles. The van der Waals surface area contributed by atoms with Crippen molar-refractivity contribution in [3.05, 3.63) is 53.4 Å². The molecule has 0 saturated carbocycles. The fourth-order valence-electron chi connectivity index (χ4n) is 2.40. The van der Waals surface area contributed by atoms with E-state index in [1.54, 1.807) is 34.6 Å². The number of benzene rings is 1. The summed E-state index contributed by atoms with van der Waals surface area (Å²) in [5, 5.41) is 0. The highest BCUT2D eigenvalue weighted by molar-refractivity contribution is 9.13. The van der Waals surface area contributed by atoms with Gasteiger partial charge in [-0.1, -0.05) is 6.07 Å². The molecule has 7 heteroatoms. The summed E-state index contributed by atoms with van der Waals surface area (Å²) >= 11 is 8.58. The maximum absolute atomic E-state index is 12.0. The second-order valence-electron chi connectivity index (χ2n) is 4.90. The topological polar surface area (TPSA) is 53.0 Å². The van der Waals surface area contributed by atoms with E-state index in [0.29, 0.717) is 0 Å². The Morgan fingerprint density at radius 1 is 1.14 bits per heavy atom. The number of aryl methyl sites for hydroxylation is 2. The molecule has 0 saturated heterocycles. The Morgan fingerprint density at radius 2 is 1.81 bits per heavy atom.